The Morgan fingerprint density at radius 2 is 1.60 bits per heavy atom. The molecule has 0 fully saturated rings. The minimum absolute atomic E-state index is 0.109. The van der Waals surface area contributed by atoms with Gasteiger partial charge in [0, 0.05) is 11.3 Å². The van der Waals surface area contributed by atoms with E-state index in [2.05, 4.69) is 66.1 Å². The van der Waals surface area contributed by atoms with Crippen LogP contribution in [0.25, 0.3) is 34.3 Å². The number of esters is 1. The van der Waals surface area contributed by atoms with Crippen molar-refractivity contribution >= 4 is 23.4 Å². The van der Waals surface area contributed by atoms with Crippen LogP contribution in [-0.2, 0) is 9.53 Å². The summed E-state index contributed by atoms with van der Waals surface area (Å²) in [6.45, 7) is 5.92. The van der Waals surface area contributed by atoms with Gasteiger partial charge in [0.25, 0.3) is 5.56 Å². The summed E-state index contributed by atoms with van der Waals surface area (Å²) in [5.41, 5.74) is 8.30. The minimum atomic E-state index is -0.771. The smallest absolute Gasteiger partial charge is 0.338 e. The molecule has 0 unspecified atom stereocenters. The fraction of sp³-hybridized carbons (Fsp3) is 0.146. The normalized spacial score (nSPS) is 15.2. The molecule has 0 amide bonds. The van der Waals surface area contributed by atoms with Crippen molar-refractivity contribution in [1.29, 1.82) is 0 Å². The van der Waals surface area contributed by atoms with Gasteiger partial charge in [-0.15, -0.1) is 0 Å². The monoisotopic (exact) mass is 679 g/mol. The third-order valence-corrected chi connectivity index (χ3v) is 9.94. The van der Waals surface area contributed by atoms with Crippen LogP contribution in [0.4, 0.5) is 0 Å². The number of hydrogen-bond acceptors (Lipinski definition) is 7. The van der Waals surface area contributed by atoms with Gasteiger partial charge in [0.2, 0.25) is 6.79 Å². The number of aryl methyl sites for hydroxylation is 1. The van der Waals surface area contributed by atoms with Crippen LogP contribution in [-0.4, -0.2) is 28.5 Å². The van der Waals surface area contributed by atoms with Crippen LogP contribution in [0.1, 0.15) is 36.6 Å². The molecule has 1 atom stereocenters. The Hall–Kier alpha value is -5.93. The zero-order chi connectivity index (χ0) is 34.4. The van der Waals surface area contributed by atoms with Gasteiger partial charge < -0.3 is 18.8 Å². The molecule has 2 aromatic heterocycles. The molecule has 8 nitrogen and oxygen atoms in total. The van der Waals surface area contributed by atoms with Crippen molar-refractivity contribution in [3.05, 3.63) is 157 Å². The van der Waals surface area contributed by atoms with Crippen LogP contribution in [0.15, 0.2) is 130 Å². The Morgan fingerprint density at radius 1 is 0.900 bits per heavy atom. The number of thiazole rings is 1. The van der Waals surface area contributed by atoms with Crippen molar-refractivity contribution in [3.8, 4) is 39.7 Å². The van der Waals surface area contributed by atoms with Gasteiger partial charge in [-0.05, 0) is 73.9 Å². The number of benzene rings is 4. The first-order valence-electron chi connectivity index (χ1n) is 16.4. The zero-order valence-corrected chi connectivity index (χ0v) is 28.6. The Morgan fingerprint density at radius 3 is 2.32 bits per heavy atom. The lowest BCUT2D eigenvalue weighted by Crippen LogP contribution is -2.39. The summed E-state index contributed by atoms with van der Waals surface area (Å²) < 4.78 is 21.1. The SMILES string of the molecule is CCOC(=O)C1=C(C)N=c2s/c(=C\c3cc(-c4ccccc4)n(-c4ccc(C)cc4)c3-c3ccccc3)c(=O)n2[C@H]1c1ccc2c(c1)OCO2. The molecule has 2 aliphatic heterocycles. The standard InChI is InChI=1S/C41H33N3O5S/c1-4-47-40(46)36-26(3)42-41-44(38(36)29-17-20-33-34(22-29)49-24-48-33)39(45)35(50-41)23-30-21-32(27-11-7-5-8-12-27)43(31-18-15-25(2)16-19-31)37(30)28-13-9-6-10-14-28/h5-23,38H,4,24H2,1-3H3/b35-23-/t38-/m0/s1. The van der Waals surface area contributed by atoms with Crippen molar-refractivity contribution in [3.63, 3.8) is 0 Å². The summed E-state index contributed by atoms with van der Waals surface area (Å²) in [6.07, 6.45) is 1.95. The highest BCUT2D eigenvalue weighted by molar-refractivity contribution is 7.07. The van der Waals surface area contributed by atoms with Crippen molar-refractivity contribution in [1.82, 2.24) is 9.13 Å². The molecule has 8 rings (SSSR count). The Kier molecular flexibility index (Phi) is 8.05. The number of carbonyl (C=O) groups excluding carboxylic acids is 1. The van der Waals surface area contributed by atoms with E-state index >= 15 is 0 Å². The summed E-state index contributed by atoms with van der Waals surface area (Å²) in [5, 5.41) is 0. The topological polar surface area (TPSA) is 84.1 Å². The first kappa shape index (κ1) is 31.3. The van der Waals surface area contributed by atoms with Crippen molar-refractivity contribution in [2.75, 3.05) is 13.4 Å². The van der Waals surface area contributed by atoms with Gasteiger partial charge in [-0.25, -0.2) is 9.79 Å². The lowest BCUT2D eigenvalue weighted by Gasteiger charge is -2.24. The maximum atomic E-state index is 14.6. The molecule has 4 heterocycles. The van der Waals surface area contributed by atoms with E-state index in [-0.39, 0.29) is 19.0 Å². The average Bonchev–Trinajstić information content (AvgIpc) is 3.84. The Balaban J connectivity index is 1.38. The summed E-state index contributed by atoms with van der Waals surface area (Å²) in [4.78, 5) is 33.4. The molecule has 6 aromatic rings. The number of hydrogen-bond donors (Lipinski definition) is 0. The van der Waals surface area contributed by atoms with Gasteiger partial charge >= 0.3 is 5.97 Å². The number of allylic oxidation sites excluding steroid dienone is 1. The lowest BCUT2D eigenvalue weighted by molar-refractivity contribution is -0.139. The van der Waals surface area contributed by atoms with E-state index < -0.39 is 12.0 Å². The second-order valence-corrected chi connectivity index (χ2v) is 13.2. The average molecular weight is 680 g/mol. The number of nitrogens with zero attached hydrogens (tertiary/aromatic N) is 3. The predicted molar refractivity (Wildman–Crippen MR) is 194 cm³/mol. The highest BCUT2D eigenvalue weighted by Gasteiger charge is 2.34. The second kappa shape index (κ2) is 12.8. The van der Waals surface area contributed by atoms with E-state index in [1.165, 1.54) is 16.9 Å². The number of aromatic nitrogens is 2. The largest absolute Gasteiger partial charge is 0.463 e. The first-order chi connectivity index (χ1) is 24.4. The van der Waals surface area contributed by atoms with Crippen LogP contribution in [0.2, 0.25) is 0 Å². The van der Waals surface area contributed by atoms with Crippen LogP contribution in [0.3, 0.4) is 0 Å². The predicted octanol–water partition coefficient (Wildman–Crippen LogP) is 6.96. The van der Waals surface area contributed by atoms with Crippen molar-refractivity contribution < 1.29 is 19.0 Å². The van der Waals surface area contributed by atoms with Gasteiger partial charge in [-0.1, -0.05) is 95.8 Å². The van der Waals surface area contributed by atoms with E-state index in [4.69, 9.17) is 19.2 Å². The summed E-state index contributed by atoms with van der Waals surface area (Å²) in [7, 11) is 0. The van der Waals surface area contributed by atoms with Crippen LogP contribution >= 0.6 is 11.3 Å². The zero-order valence-electron chi connectivity index (χ0n) is 27.8. The van der Waals surface area contributed by atoms with Gasteiger partial charge in [0.05, 0.1) is 39.8 Å². The molecule has 248 valence electrons. The van der Waals surface area contributed by atoms with E-state index in [0.717, 1.165) is 33.8 Å². The molecular formula is C41H33N3O5S. The first-order valence-corrected chi connectivity index (χ1v) is 17.3. The van der Waals surface area contributed by atoms with Gasteiger partial charge in [-0.2, -0.15) is 0 Å². The van der Waals surface area contributed by atoms with E-state index in [9.17, 15) is 9.59 Å². The lowest BCUT2D eigenvalue weighted by atomic mass is 9.95. The fourth-order valence-electron chi connectivity index (χ4n) is 6.65. The second-order valence-electron chi connectivity index (χ2n) is 12.2. The van der Waals surface area contributed by atoms with E-state index in [1.54, 1.807) is 24.5 Å². The molecule has 0 aliphatic carbocycles. The van der Waals surface area contributed by atoms with Gasteiger partial charge in [-0.3, -0.25) is 9.36 Å². The summed E-state index contributed by atoms with van der Waals surface area (Å²) in [5.74, 6) is 0.654. The maximum absolute atomic E-state index is 14.6. The Bertz CT molecular complexity index is 2480. The minimum Gasteiger partial charge on any atom is -0.463 e. The van der Waals surface area contributed by atoms with Crippen LogP contribution in [0.5, 0.6) is 11.5 Å². The summed E-state index contributed by atoms with van der Waals surface area (Å²) in [6, 6.07) is 35.8. The number of rotatable bonds is 7. The molecule has 9 heteroatoms. The Labute approximate surface area is 292 Å². The maximum Gasteiger partial charge on any atom is 0.338 e. The van der Waals surface area contributed by atoms with Gasteiger partial charge in [0.1, 0.15) is 0 Å². The molecule has 0 radical (unpaired) electrons. The fourth-order valence-corrected chi connectivity index (χ4v) is 7.68. The molecule has 50 heavy (non-hydrogen) atoms. The quantitative estimate of drug-likeness (QED) is 0.171. The third-order valence-electron chi connectivity index (χ3n) is 8.96. The van der Waals surface area contributed by atoms with Crippen molar-refractivity contribution in [2.24, 2.45) is 4.99 Å². The molecule has 0 N–H and O–H groups in total. The van der Waals surface area contributed by atoms with Crippen LogP contribution in [0, 0.1) is 6.92 Å². The van der Waals surface area contributed by atoms with Crippen molar-refractivity contribution in [2.45, 2.75) is 26.8 Å². The molecule has 0 saturated carbocycles. The highest BCUT2D eigenvalue weighted by atomic mass is 32.1. The molecule has 4 aromatic carbocycles. The van der Waals surface area contributed by atoms with E-state index in [1.807, 2.05) is 54.6 Å². The van der Waals surface area contributed by atoms with Crippen LogP contribution < -0.4 is 24.4 Å². The third kappa shape index (κ3) is 5.45. The molecule has 2 aliphatic rings. The van der Waals surface area contributed by atoms with E-state index in [0.29, 0.717) is 37.7 Å². The molecule has 0 spiro atoms. The summed E-state index contributed by atoms with van der Waals surface area (Å²) >= 11 is 1.30. The number of carbonyl (C=O) groups is 1. The molecule has 0 bridgehead atoms. The number of ether oxygens (including phenoxy) is 3. The molecule has 0 saturated heterocycles. The number of fused-ring (bicyclic) bond motifs is 2. The molecular weight excluding hydrogens is 647 g/mol. The van der Waals surface area contributed by atoms with Gasteiger partial charge in [0.15, 0.2) is 16.3 Å². The highest BCUT2D eigenvalue weighted by Crippen LogP contribution is 2.39.